The largest absolute Gasteiger partial charge is 0.368 e. The van der Waals surface area contributed by atoms with Gasteiger partial charge in [0.25, 0.3) is 5.69 Å². The maximum Gasteiger partial charge on any atom is 0.272 e. The fraction of sp³-hybridized carbons (Fsp3) is 0.300. The molecule has 3 N–H and O–H groups in total. The Balaban J connectivity index is 2.78. The summed E-state index contributed by atoms with van der Waals surface area (Å²) in [6.45, 7) is 1.68. The summed E-state index contributed by atoms with van der Waals surface area (Å²) in [6, 6.07) is 2.65. The van der Waals surface area contributed by atoms with Crippen LogP contribution in [0.2, 0.25) is 0 Å². The lowest BCUT2D eigenvalue weighted by molar-refractivity contribution is -0.385. The Hall–Kier alpha value is -2.02. The summed E-state index contributed by atoms with van der Waals surface area (Å²) in [7, 11) is 0. The number of carbonyl (C=O) groups is 1. The van der Waals surface area contributed by atoms with Crippen LogP contribution in [0.1, 0.15) is 12.5 Å². The predicted molar refractivity (Wildman–Crippen MR) is 58.6 cm³/mol. The van der Waals surface area contributed by atoms with Gasteiger partial charge in [-0.15, -0.1) is 0 Å². The summed E-state index contributed by atoms with van der Waals surface area (Å²) >= 11 is 0. The lowest BCUT2D eigenvalue weighted by Gasteiger charge is -2.09. The summed E-state index contributed by atoms with van der Waals surface area (Å²) in [5, 5.41) is 13.2. The van der Waals surface area contributed by atoms with Crippen molar-refractivity contribution in [3.63, 3.8) is 0 Å². The van der Waals surface area contributed by atoms with Crippen LogP contribution in [0, 0.1) is 15.9 Å². The summed E-state index contributed by atoms with van der Waals surface area (Å²) in [4.78, 5) is 20.6. The highest BCUT2D eigenvalue weighted by Gasteiger charge is 2.11. The van der Waals surface area contributed by atoms with Crippen molar-refractivity contribution in [1.82, 2.24) is 5.32 Å². The molecule has 17 heavy (non-hydrogen) atoms. The molecule has 92 valence electrons. The van der Waals surface area contributed by atoms with Gasteiger partial charge < -0.3 is 11.1 Å². The van der Waals surface area contributed by atoms with E-state index in [1.807, 2.05) is 0 Å². The number of amides is 1. The van der Waals surface area contributed by atoms with Crippen LogP contribution in [0.4, 0.5) is 10.1 Å². The molecule has 0 bridgehead atoms. The van der Waals surface area contributed by atoms with Crippen molar-refractivity contribution >= 4 is 11.6 Å². The fourth-order valence-corrected chi connectivity index (χ4v) is 1.21. The summed E-state index contributed by atoms with van der Waals surface area (Å²) in [6.07, 6.45) is 0. The third-order valence-electron chi connectivity index (χ3n) is 2.19. The van der Waals surface area contributed by atoms with E-state index in [2.05, 4.69) is 5.32 Å². The van der Waals surface area contributed by atoms with Gasteiger partial charge in [-0.25, -0.2) is 4.39 Å². The average molecular weight is 241 g/mol. The number of halogens is 1. The normalized spacial score (nSPS) is 12.1. The Morgan fingerprint density at radius 3 is 2.76 bits per heavy atom. The molecule has 0 fully saturated rings. The number of nitrogens with one attached hydrogen (secondary N) is 1. The number of hydrogen-bond donors (Lipinski definition) is 2. The van der Waals surface area contributed by atoms with Gasteiger partial charge >= 0.3 is 0 Å². The summed E-state index contributed by atoms with van der Waals surface area (Å²) in [5.74, 6) is -1.24. The molecule has 0 aliphatic rings. The number of hydrogen-bond acceptors (Lipinski definition) is 4. The third-order valence-corrected chi connectivity index (χ3v) is 2.19. The number of nitro groups is 1. The van der Waals surface area contributed by atoms with Gasteiger partial charge in [0, 0.05) is 12.6 Å². The van der Waals surface area contributed by atoms with Gasteiger partial charge in [0.1, 0.15) is 5.82 Å². The fourth-order valence-electron chi connectivity index (χ4n) is 1.21. The maximum absolute atomic E-state index is 13.0. The zero-order chi connectivity index (χ0) is 13.0. The quantitative estimate of drug-likeness (QED) is 0.585. The zero-order valence-electron chi connectivity index (χ0n) is 9.14. The molecule has 1 amide bonds. The molecular weight excluding hydrogens is 229 g/mol. The van der Waals surface area contributed by atoms with E-state index in [-0.39, 0.29) is 12.2 Å². The van der Waals surface area contributed by atoms with Gasteiger partial charge in [-0.2, -0.15) is 0 Å². The Bertz CT molecular complexity index is 450. The number of primary amides is 1. The number of non-ortho nitro benzene ring substituents is 1. The average Bonchev–Trinajstić information content (AvgIpc) is 2.24. The van der Waals surface area contributed by atoms with Gasteiger partial charge in [-0.05, 0) is 18.6 Å². The minimum Gasteiger partial charge on any atom is -0.368 e. The molecule has 1 unspecified atom stereocenters. The number of nitrogens with two attached hydrogens (primary N) is 1. The Morgan fingerprint density at radius 1 is 1.59 bits per heavy atom. The van der Waals surface area contributed by atoms with E-state index >= 15 is 0 Å². The Labute approximate surface area is 96.8 Å². The van der Waals surface area contributed by atoms with Crippen molar-refractivity contribution in [2.24, 2.45) is 5.73 Å². The smallest absolute Gasteiger partial charge is 0.272 e. The number of nitrogens with zero attached hydrogens (tertiary/aromatic N) is 1. The van der Waals surface area contributed by atoms with Crippen LogP contribution in [0.5, 0.6) is 0 Å². The van der Waals surface area contributed by atoms with Gasteiger partial charge in [0.2, 0.25) is 5.91 Å². The molecule has 0 spiro atoms. The highest BCUT2D eigenvalue weighted by atomic mass is 19.1. The first-order chi connectivity index (χ1) is 7.90. The van der Waals surface area contributed by atoms with E-state index in [0.717, 1.165) is 12.1 Å². The van der Waals surface area contributed by atoms with E-state index in [1.54, 1.807) is 6.92 Å². The predicted octanol–water partition coefficient (Wildman–Crippen LogP) is 0.697. The molecule has 1 atom stereocenters. The highest BCUT2D eigenvalue weighted by Crippen LogP contribution is 2.16. The van der Waals surface area contributed by atoms with Crippen molar-refractivity contribution in [1.29, 1.82) is 0 Å². The molecule has 7 heteroatoms. The molecule has 6 nitrogen and oxygen atoms in total. The van der Waals surface area contributed by atoms with E-state index in [0.29, 0.717) is 5.56 Å². The minimum atomic E-state index is -0.692. The number of rotatable bonds is 5. The molecule has 0 saturated carbocycles. The SMILES string of the molecule is CC(NCc1cc(F)cc([N+](=O)[O-])c1)C(N)=O. The van der Waals surface area contributed by atoms with Gasteiger partial charge in [0.15, 0.2) is 0 Å². The first kappa shape index (κ1) is 13.0. The van der Waals surface area contributed by atoms with E-state index in [1.165, 1.54) is 6.07 Å². The Kier molecular flexibility index (Phi) is 4.11. The lowest BCUT2D eigenvalue weighted by Crippen LogP contribution is -2.38. The molecular formula is C10H12FN3O3. The molecule has 0 radical (unpaired) electrons. The zero-order valence-corrected chi connectivity index (χ0v) is 9.14. The number of benzene rings is 1. The number of carbonyl (C=O) groups excluding carboxylic acids is 1. The second kappa shape index (κ2) is 5.35. The van der Waals surface area contributed by atoms with Crippen molar-refractivity contribution < 1.29 is 14.1 Å². The van der Waals surface area contributed by atoms with Gasteiger partial charge in [-0.1, -0.05) is 0 Å². The number of nitro benzene ring substituents is 1. The summed E-state index contributed by atoms with van der Waals surface area (Å²) < 4.78 is 13.0. The first-order valence-corrected chi connectivity index (χ1v) is 4.86. The van der Waals surface area contributed by atoms with Crippen LogP contribution < -0.4 is 11.1 Å². The highest BCUT2D eigenvalue weighted by molar-refractivity contribution is 5.79. The maximum atomic E-state index is 13.0. The monoisotopic (exact) mass is 241 g/mol. The van der Waals surface area contributed by atoms with Crippen LogP contribution in [0.15, 0.2) is 18.2 Å². The van der Waals surface area contributed by atoms with Crippen molar-refractivity contribution in [3.05, 3.63) is 39.7 Å². The molecule has 0 saturated heterocycles. The minimum absolute atomic E-state index is 0.128. The molecule has 0 aromatic heterocycles. The molecule has 1 aromatic rings. The van der Waals surface area contributed by atoms with E-state index in [4.69, 9.17) is 5.73 Å². The third kappa shape index (κ3) is 3.80. The summed E-state index contributed by atoms with van der Waals surface area (Å²) in [5.41, 5.74) is 5.08. The van der Waals surface area contributed by atoms with Crippen LogP contribution in [-0.4, -0.2) is 16.9 Å². The van der Waals surface area contributed by atoms with Crippen LogP contribution in [0.25, 0.3) is 0 Å². The topological polar surface area (TPSA) is 98.3 Å². The van der Waals surface area contributed by atoms with Crippen LogP contribution >= 0.6 is 0 Å². The van der Waals surface area contributed by atoms with E-state index in [9.17, 15) is 19.3 Å². The van der Waals surface area contributed by atoms with Crippen LogP contribution in [0.3, 0.4) is 0 Å². The van der Waals surface area contributed by atoms with Crippen molar-refractivity contribution in [2.45, 2.75) is 19.5 Å². The Morgan fingerprint density at radius 2 is 2.24 bits per heavy atom. The molecule has 1 aromatic carbocycles. The molecule has 1 rings (SSSR count). The van der Waals surface area contributed by atoms with E-state index < -0.39 is 22.7 Å². The molecule has 0 heterocycles. The van der Waals surface area contributed by atoms with Gasteiger partial charge in [0.05, 0.1) is 17.0 Å². The van der Waals surface area contributed by atoms with Crippen molar-refractivity contribution in [3.8, 4) is 0 Å². The lowest BCUT2D eigenvalue weighted by atomic mass is 10.2. The first-order valence-electron chi connectivity index (χ1n) is 4.86. The second-order valence-corrected chi connectivity index (χ2v) is 3.58. The standard InChI is InChI=1S/C10H12FN3O3/c1-6(10(12)15)13-5-7-2-8(11)4-9(3-7)14(16)17/h2-4,6,13H,5H2,1H3,(H2,12,15). The molecule has 0 aliphatic carbocycles. The van der Waals surface area contributed by atoms with Crippen LogP contribution in [-0.2, 0) is 11.3 Å². The second-order valence-electron chi connectivity index (χ2n) is 3.58. The van der Waals surface area contributed by atoms with Crippen molar-refractivity contribution in [2.75, 3.05) is 0 Å². The molecule has 0 aliphatic heterocycles. The van der Waals surface area contributed by atoms with Gasteiger partial charge in [-0.3, -0.25) is 14.9 Å².